The quantitative estimate of drug-likeness (QED) is 0.804. The van der Waals surface area contributed by atoms with Crippen molar-refractivity contribution in [2.24, 2.45) is 0 Å². The highest BCUT2D eigenvalue weighted by Gasteiger charge is 2.14. The van der Waals surface area contributed by atoms with E-state index in [9.17, 15) is 9.59 Å². The Hall–Kier alpha value is -2.88. The maximum atomic E-state index is 12.5. The Labute approximate surface area is 133 Å². The molecule has 1 N–H and O–H groups in total. The first kappa shape index (κ1) is 15.0. The third-order valence-corrected chi connectivity index (χ3v) is 3.94. The van der Waals surface area contributed by atoms with E-state index in [1.165, 1.54) is 0 Å². The van der Waals surface area contributed by atoms with Crippen LogP contribution in [0.2, 0.25) is 0 Å². The minimum absolute atomic E-state index is 0.0872. The van der Waals surface area contributed by atoms with Crippen LogP contribution in [-0.4, -0.2) is 15.6 Å². The summed E-state index contributed by atoms with van der Waals surface area (Å²) in [5.41, 5.74) is 3.04. The molecule has 3 rings (SSSR count). The van der Waals surface area contributed by atoms with Crippen molar-refractivity contribution >= 4 is 16.9 Å². The molecule has 3 aromatic rings. The van der Waals surface area contributed by atoms with Crippen molar-refractivity contribution in [1.29, 1.82) is 0 Å². The number of hydrogen-bond acceptors (Lipinski definition) is 2. The van der Waals surface area contributed by atoms with E-state index in [4.69, 9.17) is 5.11 Å². The number of aromatic nitrogens is 1. The van der Waals surface area contributed by atoms with E-state index < -0.39 is 5.97 Å². The molecule has 0 atom stereocenters. The minimum atomic E-state index is -0.905. The summed E-state index contributed by atoms with van der Waals surface area (Å²) >= 11 is 0. The number of aryl methyl sites for hydroxylation is 1. The zero-order valence-corrected chi connectivity index (χ0v) is 12.8. The molecule has 0 aliphatic rings. The second kappa shape index (κ2) is 6.08. The van der Waals surface area contributed by atoms with Crippen LogP contribution >= 0.6 is 0 Å². The van der Waals surface area contributed by atoms with Gasteiger partial charge in [-0.25, -0.2) is 0 Å². The van der Waals surface area contributed by atoms with Gasteiger partial charge < -0.3 is 9.67 Å². The zero-order valence-electron chi connectivity index (χ0n) is 12.8. The zero-order chi connectivity index (χ0) is 16.4. The monoisotopic (exact) mass is 307 g/mol. The number of rotatable bonds is 4. The Bertz CT molecular complexity index is 926. The SMILES string of the molecule is CCn1c(-c2ccccc2)cc(=O)c2cccc(CC(=O)O)c21. The molecule has 1 aromatic heterocycles. The lowest BCUT2D eigenvalue weighted by molar-refractivity contribution is -0.136. The number of aliphatic carboxylic acids is 1. The normalized spacial score (nSPS) is 10.8. The lowest BCUT2D eigenvalue weighted by atomic mass is 10.0. The summed E-state index contributed by atoms with van der Waals surface area (Å²) in [6, 6.07) is 16.6. The van der Waals surface area contributed by atoms with Crippen LogP contribution < -0.4 is 5.43 Å². The van der Waals surface area contributed by atoms with Crippen molar-refractivity contribution in [1.82, 2.24) is 4.57 Å². The van der Waals surface area contributed by atoms with Crippen molar-refractivity contribution in [3.05, 3.63) is 70.4 Å². The Morgan fingerprint density at radius 3 is 2.48 bits per heavy atom. The van der Waals surface area contributed by atoms with E-state index in [1.807, 2.05) is 41.8 Å². The van der Waals surface area contributed by atoms with Crippen molar-refractivity contribution in [3.8, 4) is 11.3 Å². The predicted octanol–water partition coefficient (Wildman–Crippen LogP) is 3.32. The Morgan fingerprint density at radius 2 is 1.83 bits per heavy atom. The van der Waals surface area contributed by atoms with Crippen LogP contribution in [0.1, 0.15) is 12.5 Å². The molecule has 2 aromatic carbocycles. The first-order valence-electron chi connectivity index (χ1n) is 7.54. The van der Waals surface area contributed by atoms with Crippen LogP contribution in [0.15, 0.2) is 59.4 Å². The lowest BCUT2D eigenvalue weighted by Gasteiger charge is -2.17. The number of pyridine rings is 1. The molecule has 0 amide bonds. The van der Waals surface area contributed by atoms with Crippen LogP contribution in [0.5, 0.6) is 0 Å². The van der Waals surface area contributed by atoms with Crippen LogP contribution in [-0.2, 0) is 17.8 Å². The average Bonchev–Trinajstić information content (AvgIpc) is 2.55. The van der Waals surface area contributed by atoms with Gasteiger partial charge in [-0.1, -0.05) is 42.5 Å². The van der Waals surface area contributed by atoms with E-state index in [-0.39, 0.29) is 11.8 Å². The van der Waals surface area contributed by atoms with Gasteiger partial charge in [0.05, 0.1) is 17.6 Å². The fourth-order valence-corrected chi connectivity index (χ4v) is 2.99. The van der Waals surface area contributed by atoms with Gasteiger partial charge in [0.2, 0.25) is 0 Å². The number of benzene rings is 2. The largest absolute Gasteiger partial charge is 0.481 e. The van der Waals surface area contributed by atoms with Crippen molar-refractivity contribution < 1.29 is 9.90 Å². The number of carboxylic acids is 1. The van der Waals surface area contributed by atoms with Crippen LogP contribution in [0, 0.1) is 0 Å². The molecule has 0 aliphatic heterocycles. The topological polar surface area (TPSA) is 59.3 Å². The van der Waals surface area contributed by atoms with E-state index in [1.54, 1.807) is 24.3 Å². The highest BCUT2D eigenvalue weighted by atomic mass is 16.4. The van der Waals surface area contributed by atoms with Crippen LogP contribution in [0.25, 0.3) is 22.2 Å². The van der Waals surface area contributed by atoms with Crippen LogP contribution in [0.4, 0.5) is 0 Å². The summed E-state index contributed by atoms with van der Waals surface area (Å²) < 4.78 is 2.02. The third-order valence-electron chi connectivity index (χ3n) is 3.94. The summed E-state index contributed by atoms with van der Waals surface area (Å²) in [5.74, 6) is -0.905. The van der Waals surface area contributed by atoms with Crippen molar-refractivity contribution in [3.63, 3.8) is 0 Å². The third kappa shape index (κ3) is 2.75. The highest BCUT2D eigenvalue weighted by Crippen LogP contribution is 2.25. The summed E-state index contributed by atoms with van der Waals surface area (Å²) in [5, 5.41) is 9.72. The molecule has 4 nitrogen and oxygen atoms in total. The molecule has 0 saturated carbocycles. The fourth-order valence-electron chi connectivity index (χ4n) is 2.99. The van der Waals surface area contributed by atoms with Gasteiger partial charge in [0.15, 0.2) is 5.43 Å². The minimum Gasteiger partial charge on any atom is -0.481 e. The average molecular weight is 307 g/mol. The summed E-state index contributed by atoms with van der Waals surface area (Å²) in [7, 11) is 0. The van der Waals surface area contributed by atoms with E-state index in [0.29, 0.717) is 23.0 Å². The number of carbonyl (C=O) groups is 1. The van der Waals surface area contributed by atoms with E-state index in [0.717, 1.165) is 11.3 Å². The molecule has 0 radical (unpaired) electrons. The smallest absolute Gasteiger partial charge is 0.307 e. The number of para-hydroxylation sites is 1. The second-order valence-corrected chi connectivity index (χ2v) is 5.39. The maximum Gasteiger partial charge on any atom is 0.307 e. The van der Waals surface area contributed by atoms with Gasteiger partial charge in [-0.05, 0) is 24.1 Å². The van der Waals surface area contributed by atoms with E-state index in [2.05, 4.69) is 0 Å². The lowest BCUT2D eigenvalue weighted by Crippen LogP contribution is -2.14. The number of hydrogen-bond donors (Lipinski definition) is 1. The van der Waals surface area contributed by atoms with Crippen molar-refractivity contribution in [2.75, 3.05) is 0 Å². The second-order valence-electron chi connectivity index (χ2n) is 5.39. The summed E-state index contributed by atoms with van der Waals surface area (Å²) in [4.78, 5) is 23.7. The van der Waals surface area contributed by atoms with Crippen molar-refractivity contribution in [2.45, 2.75) is 19.9 Å². The summed E-state index contributed by atoms with van der Waals surface area (Å²) in [6.45, 7) is 2.64. The number of carboxylic acid groups (broad SMARTS) is 1. The van der Waals surface area contributed by atoms with Gasteiger partial charge in [-0.2, -0.15) is 0 Å². The Kier molecular flexibility index (Phi) is 3.98. The molecule has 4 heteroatoms. The molecule has 23 heavy (non-hydrogen) atoms. The Balaban J connectivity index is 2.40. The fraction of sp³-hybridized carbons (Fsp3) is 0.158. The first-order valence-corrected chi connectivity index (χ1v) is 7.54. The number of nitrogens with zero attached hydrogens (tertiary/aromatic N) is 1. The predicted molar refractivity (Wildman–Crippen MR) is 90.7 cm³/mol. The molecule has 1 heterocycles. The molecule has 0 unspecified atom stereocenters. The molecular formula is C19H17NO3. The van der Waals surface area contributed by atoms with E-state index >= 15 is 0 Å². The molecule has 0 spiro atoms. The molecule has 0 bridgehead atoms. The van der Waals surface area contributed by atoms with Crippen LogP contribution in [0.3, 0.4) is 0 Å². The number of fused-ring (bicyclic) bond motifs is 1. The first-order chi connectivity index (χ1) is 11.1. The van der Waals surface area contributed by atoms with Gasteiger partial charge in [0, 0.05) is 18.0 Å². The van der Waals surface area contributed by atoms with Gasteiger partial charge in [0.1, 0.15) is 0 Å². The molecule has 0 saturated heterocycles. The standard InChI is InChI=1S/C19H17NO3/c1-2-20-16(13-7-4-3-5-8-13)12-17(21)15-10-6-9-14(19(15)20)11-18(22)23/h3-10,12H,2,11H2,1H3,(H,22,23). The van der Waals surface area contributed by atoms with Gasteiger partial charge in [0.25, 0.3) is 0 Å². The van der Waals surface area contributed by atoms with Gasteiger partial charge in [-0.15, -0.1) is 0 Å². The van der Waals surface area contributed by atoms with Gasteiger partial charge >= 0.3 is 5.97 Å². The highest BCUT2D eigenvalue weighted by molar-refractivity contribution is 5.88. The maximum absolute atomic E-state index is 12.5. The van der Waals surface area contributed by atoms with Gasteiger partial charge in [-0.3, -0.25) is 9.59 Å². The molecule has 0 fully saturated rings. The Morgan fingerprint density at radius 1 is 1.09 bits per heavy atom. The molecule has 0 aliphatic carbocycles. The molecule has 116 valence electrons. The summed E-state index contributed by atoms with van der Waals surface area (Å²) in [6.07, 6.45) is -0.102. The molecular weight excluding hydrogens is 290 g/mol.